The molecule has 194 valence electrons. The maximum atomic E-state index is 13.7. The zero-order valence-corrected chi connectivity index (χ0v) is 21.4. The van der Waals surface area contributed by atoms with Crippen molar-refractivity contribution in [3.8, 4) is 17.6 Å². The fourth-order valence-electron chi connectivity index (χ4n) is 4.92. The molecule has 0 saturated heterocycles. The molecule has 8 nitrogen and oxygen atoms in total. The lowest BCUT2D eigenvalue weighted by Gasteiger charge is -2.38. The molecular formula is C29H27ClN4O4. The van der Waals surface area contributed by atoms with Gasteiger partial charge in [-0.1, -0.05) is 24.4 Å². The van der Waals surface area contributed by atoms with Crippen LogP contribution in [0.25, 0.3) is 0 Å². The maximum Gasteiger partial charge on any atom is 0.255 e. The van der Waals surface area contributed by atoms with Crippen molar-refractivity contribution in [2.45, 2.75) is 44.3 Å². The Kier molecular flexibility index (Phi) is 7.50. The van der Waals surface area contributed by atoms with Crippen LogP contribution in [0.3, 0.4) is 0 Å². The van der Waals surface area contributed by atoms with Gasteiger partial charge in [-0.25, -0.2) is 0 Å². The lowest BCUT2D eigenvalue weighted by atomic mass is 9.89. The molecule has 2 atom stereocenters. The number of benzene rings is 3. The number of carbonyl (C=O) groups is 2. The highest BCUT2D eigenvalue weighted by Gasteiger charge is 2.32. The lowest BCUT2D eigenvalue weighted by molar-refractivity contribution is 0.0583. The molecule has 1 heterocycles. The highest BCUT2D eigenvalue weighted by molar-refractivity contribution is 6.31. The third-order valence-electron chi connectivity index (χ3n) is 6.98. The Morgan fingerprint density at radius 1 is 1.00 bits per heavy atom. The monoisotopic (exact) mass is 530 g/mol. The highest BCUT2D eigenvalue weighted by atomic mass is 35.5. The van der Waals surface area contributed by atoms with Crippen molar-refractivity contribution in [3.63, 3.8) is 0 Å². The van der Waals surface area contributed by atoms with Gasteiger partial charge in [0.25, 0.3) is 11.8 Å². The number of rotatable bonds is 6. The SMILES string of the molecule is N#Cc1ccc(C(=O)N(Cc2cc(NC(=O)c3ccc4c(c3)OCO4)ccc2Cl)C2CCCCC2N)cc1. The van der Waals surface area contributed by atoms with Gasteiger partial charge in [0.15, 0.2) is 11.5 Å². The number of nitriles is 1. The summed E-state index contributed by atoms with van der Waals surface area (Å²) < 4.78 is 10.7. The van der Waals surface area contributed by atoms with E-state index in [0.29, 0.717) is 44.5 Å². The number of halogens is 1. The Labute approximate surface area is 225 Å². The molecule has 1 saturated carbocycles. The van der Waals surface area contributed by atoms with Crippen molar-refractivity contribution in [1.29, 1.82) is 5.26 Å². The summed E-state index contributed by atoms with van der Waals surface area (Å²) in [7, 11) is 0. The van der Waals surface area contributed by atoms with Crippen LogP contribution >= 0.6 is 11.6 Å². The molecule has 1 aliphatic carbocycles. The Balaban J connectivity index is 1.39. The maximum absolute atomic E-state index is 13.7. The van der Waals surface area contributed by atoms with Crippen molar-refractivity contribution >= 4 is 29.1 Å². The number of amides is 2. The van der Waals surface area contributed by atoms with E-state index in [0.717, 1.165) is 25.7 Å². The quantitative estimate of drug-likeness (QED) is 0.457. The molecule has 3 aromatic carbocycles. The topological polar surface area (TPSA) is 118 Å². The van der Waals surface area contributed by atoms with Gasteiger partial charge in [0.05, 0.1) is 11.6 Å². The van der Waals surface area contributed by atoms with Crippen LogP contribution in [0, 0.1) is 11.3 Å². The minimum absolute atomic E-state index is 0.128. The standard InChI is InChI=1S/C29H27ClN4O4/c30-23-11-10-22(33-28(35)20-9-12-26-27(14-20)38-17-37-26)13-21(23)16-34(25-4-2-1-3-24(25)32)29(36)19-7-5-18(15-31)6-8-19/h5-14,24-25H,1-4,16-17,32H2,(H,33,35). The number of nitrogens with two attached hydrogens (primary N) is 1. The molecule has 1 fully saturated rings. The summed E-state index contributed by atoms with van der Waals surface area (Å²) in [6.07, 6.45) is 3.64. The normalized spacial score (nSPS) is 17.9. The van der Waals surface area contributed by atoms with Gasteiger partial charge in [0.1, 0.15) is 0 Å². The van der Waals surface area contributed by atoms with E-state index in [4.69, 9.17) is 32.1 Å². The molecule has 2 unspecified atom stereocenters. The number of nitrogens with zero attached hydrogens (tertiary/aromatic N) is 2. The molecule has 0 bridgehead atoms. The second-order valence-corrected chi connectivity index (χ2v) is 9.87. The first-order valence-electron chi connectivity index (χ1n) is 12.5. The Bertz CT molecular complexity index is 1400. The van der Waals surface area contributed by atoms with Crippen molar-refractivity contribution in [1.82, 2.24) is 4.90 Å². The number of nitrogens with one attached hydrogen (secondary N) is 1. The van der Waals surface area contributed by atoms with Gasteiger partial charge in [0.2, 0.25) is 6.79 Å². The minimum atomic E-state index is -0.309. The van der Waals surface area contributed by atoms with Gasteiger partial charge in [0, 0.05) is 40.5 Å². The first-order valence-corrected chi connectivity index (χ1v) is 12.9. The van der Waals surface area contributed by atoms with E-state index in [9.17, 15) is 9.59 Å². The van der Waals surface area contributed by atoms with Crippen LogP contribution in [0.2, 0.25) is 5.02 Å². The first-order chi connectivity index (χ1) is 18.4. The predicted molar refractivity (Wildman–Crippen MR) is 143 cm³/mol. The van der Waals surface area contributed by atoms with Crippen molar-refractivity contribution < 1.29 is 19.1 Å². The van der Waals surface area contributed by atoms with Gasteiger partial charge in [-0.3, -0.25) is 9.59 Å². The summed E-state index contributed by atoms with van der Waals surface area (Å²) in [5.41, 5.74) is 9.11. The van der Waals surface area contributed by atoms with Crippen LogP contribution in [0.4, 0.5) is 5.69 Å². The number of carbonyl (C=O) groups excluding carboxylic acids is 2. The smallest absolute Gasteiger partial charge is 0.255 e. The summed E-state index contributed by atoms with van der Waals surface area (Å²) in [6, 6.07) is 18.5. The van der Waals surface area contributed by atoms with Crippen LogP contribution in [-0.2, 0) is 6.54 Å². The van der Waals surface area contributed by atoms with Crippen LogP contribution in [0.5, 0.6) is 11.5 Å². The zero-order chi connectivity index (χ0) is 26.6. The molecule has 3 N–H and O–H groups in total. The number of hydrogen-bond acceptors (Lipinski definition) is 6. The Morgan fingerprint density at radius 2 is 1.74 bits per heavy atom. The van der Waals surface area contributed by atoms with E-state index in [1.807, 2.05) is 0 Å². The number of ether oxygens (including phenoxy) is 2. The summed E-state index contributed by atoms with van der Waals surface area (Å²) in [5.74, 6) is 0.637. The average Bonchev–Trinajstić information content (AvgIpc) is 3.41. The number of anilines is 1. The van der Waals surface area contributed by atoms with Gasteiger partial charge >= 0.3 is 0 Å². The van der Waals surface area contributed by atoms with Crippen molar-refractivity contribution in [2.24, 2.45) is 5.73 Å². The van der Waals surface area contributed by atoms with E-state index in [-0.39, 0.29) is 37.2 Å². The molecule has 38 heavy (non-hydrogen) atoms. The zero-order valence-electron chi connectivity index (χ0n) is 20.7. The summed E-state index contributed by atoms with van der Waals surface area (Å²) in [4.78, 5) is 28.4. The fraction of sp³-hybridized carbons (Fsp3) is 0.276. The van der Waals surface area contributed by atoms with Crippen LogP contribution in [0.15, 0.2) is 60.7 Å². The Hall–Kier alpha value is -4.06. The fourth-order valence-corrected chi connectivity index (χ4v) is 5.10. The molecular weight excluding hydrogens is 504 g/mol. The Morgan fingerprint density at radius 3 is 2.50 bits per heavy atom. The summed E-state index contributed by atoms with van der Waals surface area (Å²) in [6.45, 7) is 0.354. The first kappa shape index (κ1) is 25.6. The molecule has 0 radical (unpaired) electrons. The van der Waals surface area contributed by atoms with E-state index in [2.05, 4.69) is 11.4 Å². The lowest BCUT2D eigenvalue weighted by Crippen LogP contribution is -2.51. The molecule has 3 aromatic rings. The largest absolute Gasteiger partial charge is 0.454 e. The van der Waals surface area contributed by atoms with E-state index in [1.165, 1.54) is 0 Å². The summed E-state index contributed by atoms with van der Waals surface area (Å²) in [5, 5.41) is 12.5. The predicted octanol–water partition coefficient (Wildman–Crippen LogP) is 5.10. The molecule has 2 aliphatic rings. The minimum Gasteiger partial charge on any atom is -0.454 e. The number of hydrogen-bond donors (Lipinski definition) is 2. The van der Waals surface area contributed by atoms with E-state index >= 15 is 0 Å². The van der Waals surface area contributed by atoms with Crippen LogP contribution in [-0.4, -0.2) is 35.6 Å². The van der Waals surface area contributed by atoms with Crippen molar-refractivity contribution in [2.75, 3.05) is 12.1 Å². The second-order valence-electron chi connectivity index (χ2n) is 9.47. The van der Waals surface area contributed by atoms with E-state index < -0.39 is 0 Å². The second kappa shape index (κ2) is 11.1. The molecule has 1 aliphatic heterocycles. The van der Waals surface area contributed by atoms with E-state index in [1.54, 1.807) is 65.6 Å². The van der Waals surface area contributed by atoms with Gasteiger partial charge in [-0.15, -0.1) is 0 Å². The molecule has 9 heteroatoms. The molecule has 2 amide bonds. The molecule has 5 rings (SSSR count). The van der Waals surface area contributed by atoms with Gasteiger partial charge in [-0.2, -0.15) is 5.26 Å². The van der Waals surface area contributed by atoms with Crippen LogP contribution in [0.1, 0.15) is 57.5 Å². The highest BCUT2D eigenvalue weighted by Crippen LogP contribution is 2.33. The third-order valence-corrected chi connectivity index (χ3v) is 7.35. The number of fused-ring (bicyclic) bond motifs is 1. The average molecular weight is 531 g/mol. The third kappa shape index (κ3) is 5.44. The van der Waals surface area contributed by atoms with Crippen LogP contribution < -0.4 is 20.5 Å². The van der Waals surface area contributed by atoms with Crippen molar-refractivity contribution in [3.05, 3.63) is 87.9 Å². The van der Waals surface area contributed by atoms with Gasteiger partial charge < -0.3 is 25.4 Å². The molecule has 0 aromatic heterocycles. The molecule has 0 spiro atoms. The summed E-state index contributed by atoms with van der Waals surface area (Å²) >= 11 is 6.57. The van der Waals surface area contributed by atoms with Gasteiger partial charge in [-0.05, 0) is 79.1 Å².